The molecule has 9 heteroatoms. The van der Waals surface area contributed by atoms with Crippen LogP contribution >= 0.6 is 23.0 Å². The molecule has 1 rings (SSSR count). The number of carbonyl (C=O) groups is 2. The van der Waals surface area contributed by atoms with Crippen LogP contribution in [-0.4, -0.2) is 54.9 Å². The summed E-state index contributed by atoms with van der Waals surface area (Å²) < 4.78 is 10.5. The van der Waals surface area contributed by atoms with Gasteiger partial charge in [0.05, 0.1) is 5.60 Å². The lowest BCUT2D eigenvalue weighted by atomic mass is 9.95. The number of nitrogens with one attached hydrogen (secondary N) is 1. The molecule has 0 aromatic carbocycles. The van der Waals surface area contributed by atoms with Gasteiger partial charge in [-0.1, -0.05) is 13.8 Å². The largest absolute Gasteiger partial charge is 0.400 e. The summed E-state index contributed by atoms with van der Waals surface area (Å²) in [5.74, 6) is -0.280. The quantitative estimate of drug-likeness (QED) is 0.198. The number of carbonyl (C=O) groups excluding carboxylic acids is 2. The van der Waals surface area contributed by atoms with Gasteiger partial charge in [-0.25, -0.2) is 4.89 Å². The summed E-state index contributed by atoms with van der Waals surface area (Å²) in [6.45, 7) is 6.18. The number of aliphatic hydroxyl groups is 1. The first-order valence-corrected chi connectivity index (χ1v) is 8.58. The molecule has 1 aliphatic heterocycles. The zero-order valence-electron chi connectivity index (χ0n) is 15.0. The molecule has 1 fully saturated rings. The molecule has 0 saturated carbocycles. The Labute approximate surface area is 158 Å². The van der Waals surface area contributed by atoms with E-state index in [1.54, 1.807) is 23.0 Å². The molecule has 1 saturated heterocycles. The Morgan fingerprint density at radius 3 is 2.62 bits per heavy atom. The Morgan fingerprint density at radius 1 is 1.50 bits per heavy atom. The number of aliphatic hydroxyl groups excluding tert-OH is 1. The molecule has 1 heterocycles. The van der Waals surface area contributed by atoms with E-state index in [0.29, 0.717) is 12.8 Å². The molecule has 24 heavy (non-hydrogen) atoms. The fourth-order valence-corrected chi connectivity index (χ4v) is 2.12. The molecule has 2 N–H and O–H groups in total. The highest BCUT2D eigenvalue weighted by molar-refractivity contribution is 14.1. The molecule has 0 aromatic rings. The Hall–Kier alpha value is -0.750. The summed E-state index contributed by atoms with van der Waals surface area (Å²) in [5.41, 5.74) is -0.518. The van der Waals surface area contributed by atoms with Crippen LogP contribution in [-0.2, 0) is 22.4 Å². The van der Waals surface area contributed by atoms with E-state index in [4.69, 9.17) is 14.7 Å². The summed E-state index contributed by atoms with van der Waals surface area (Å²) in [5, 5.41) is 9.44. The zero-order valence-corrected chi connectivity index (χ0v) is 17.1. The minimum Gasteiger partial charge on any atom is -0.400 e. The maximum absolute atomic E-state index is 11.2. The molecule has 1 aliphatic rings. The van der Waals surface area contributed by atoms with E-state index < -0.39 is 11.8 Å². The van der Waals surface area contributed by atoms with Gasteiger partial charge in [-0.05, 0) is 26.2 Å². The normalized spacial score (nSPS) is 22.5. The van der Waals surface area contributed by atoms with Gasteiger partial charge in [0.15, 0.2) is 23.0 Å². The summed E-state index contributed by atoms with van der Waals surface area (Å²) in [7, 11) is 2.52. The molecule has 8 nitrogen and oxygen atoms in total. The fraction of sp³-hybridized carbons (Fsp3) is 0.733. The van der Waals surface area contributed by atoms with E-state index in [2.05, 4.69) is 8.53 Å². The zero-order chi connectivity index (χ0) is 19.0. The molecular weight excluding hydrogens is 431 g/mol. The highest BCUT2D eigenvalue weighted by Crippen LogP contribution is 2.30. The maximum atomic E-state index is 11.2. The second-order valence-electron chi connectivity index (χ2n) is 4.72. The highest BCUT2D eigenvalue weighted by Gasteiger charge is 2.35. The molecular formula is C15H29IN2O6. The first kappa shape index (κ1) is 25.5. The number of amides is 2. The van der Waals surface area contributed by atoms with E-state index >= 15 is 0 Å². The number of hydrogen-bond acceptors (Lipinski definition) is 6. The lowest BCUT2D eigenvalue weighted by molar-refractivity contribution is -0.249. The van der Waals surface area contributed by atoms with Gasteiger partial charge in [-0.3, -0.25) is 14.5 Å². The first-order valence-electron chi connectivity index (χ1n) is 7.70. The van der Waals surface area contributed by atoms with E-state index in [-0.39, 0.29) is 12.5 Å². The summed E-state index contributed by atoms with van der Waals surface area (Å²) in [6.07, 6.45) is 5.35. The molecule has 0 bridgehead atoms. The van der Waals surface area contributed by atoms with E-state index in [0.717, 1.165) is 20.0 Å². The van der Waals surface area contributed by atoms with Crippen molar-refractivity contribution in [3.8, 4) is 0 Å². The second kappa shape index (κ2) is 15.8. The molecule has 0 radical (unpaired) electrons. The first-order chi connectivity index (χ1) is 11.5. The van der Waals surface area contributed by atoms with Crippen LogP contribution in [0.15, 0.2) is 12.3 Å². The number of ether oxygens (including phenoxy) is 1. The van der Waals surface area contributed by atoms with Gasteiger partial charge in [0.25, 0.3) is 0 Å². The van der Waals surface area contributed by atoms with Crippen molar-refractivity contribution in [2.75, 3.05) is 20.8 Å². The predicted octanol–water partition coefficient (Wildman–Crippen LogP) is 1.92. The summed E-state index contributed by atoms with van der Waals surface area (Å²) in [4.78, 5) is 28.6. The van der Waals surface area contributed by atoms with Gasteiger partial charge in [0, 0.05) is 26.4 Å². The van der Waals surface area contributed by atoms with Gasteiger partial charge >= 0.3 is 0 Å². The standard InChI is InChI=1S/C12H19IN2O5.C2H6.CH4O/c1-12(8-18-20-13)6-3-4-11(19-12)15(9-16)7-5-10(17)14-2;2*1-2/h5,7,9,11H,3-4,6,8H2,1-2H3,(H,14,17);1-2H3;2H,1H3/b7-5-;;/t11?,12-;;/m0../s1. The van der Waals surface area contributed by atoms with Crippen LogP contribution < -0.4 is 5.32 Å². The fourth-order valence-electron chi connectivity index (χ4n) is 2.00. The second-order valence-corrected chi connectivity index (χ2v) is 5.08. The van der Waals surface area contributed by atoms with Crippen LogP contribution in [0, 0.1) is 0 Å². The third-order valence-corrected chi connectivity index (χ3v) is 3.34. The molecule has 142 valence electrons. The van der Waals surface area contributed by atoms with Crippen molar-refractivity contribution >= 4 is 35.3 Å². The Balaban J connectivity index is 0. The molecule has 2 atom stereocenters. The summed E-state index contributed by atoms with van der Waals surface area (Å²) >= 11 is 1.64. The Kier molecular flexibility index (Phi) is 16.7. The number of hydrogen-bond donors (Lipinski definition) is 2. The molecule has 0 aromatic heterocycles. The van der Waals surface area contributed by atoms with E-state index in [1.807, 2.05) is 20.8 Å². The molecule has 1 unspecified atom stereocenters. The van der Waals surface area contributed by atoms with Crippen molar-refractivity contribution in [2.45, 2.75) is 51.9 Å². The summed E-state index contributed by atoms with van der Waals surface area (Å²) in [6, 6.07) is 0. The Morgan fingerprint density at radius 2 is 2.12 bits per heavy atom. The monoisotopic (exact) mass is 460 g/mol. The molecule has 2 amide bonds. The van der Waals surface area contributed by atoms with Crippen molar-refractivity contribution in [1.82, 2.24) is 10.2 Å². The highest BCUT2D eigenvalue weighted by atomic mass is 127. The molecule has 0 spiro atoms. The Bertz CT molecular complexity index is 370. The minimum atomic E-state index is -0.518. The van der Waals surface area contributed by atoms with Gasteiger partial charge in [-0.2, -0.15) is 3.22 Å². The number of likely N-dealkylation sites (N-methyl/N-ethyl adjacent to an activating group) is 1. The maximum Gasteiger partial charge on any atom is 0.245 e. The van der Waals surface area contributed by atoms with Crippen LogP contribution in [0.25, 0.3) is 0 Å². The van der Waals surface area contributed by atoms with Crippen molar-refractivity contribution in [2.24, 2.45) is 0 Å². The smallest absolute Gasteiger partial charge is 0.245 e. The number of rotatable bonds is 7. The van der Waals surface area contributed by atoms with Crippen molar-refractivity contribution < 1.29 is 27.5 Å². The van der Waals surface area contributed by atoms with Gasteiger partial charge < -0.3 is 15.2 Å². The van der Waals surface area contributed by atoms with Crippen molar-refractivity contribution in [3.05, 3.63) is 12.3 Å². The SMILES string of the molecule is CC.CNC(=O)/C=C\N(C=O)C1CCC[C@@](C)(COOI)O1.CO. The average Bonchev–Trinajstić information content (AvgIpc) is 2.64. The third-order valence-electron chi connectivity index (χ3n) is 3.08. The van der Waals surface area contributed by atoms with Crippen molar-refractivity contribution in [1.29, 1.82) is 0 Å². The van der Waals surface area contributed by atoms with Crippen LogP contribution in [0.1, 0.15) is 40.0 Å². The lowest BCUT2D eigenvalue weighted by Crippen LogP contribution is -2.47. The number of halogens is 1. The lowest BCUT2D eigenvalue weighted by Gasteiger charge is -2.40. The van der Waals surface area contributed by atoms with Crippen LogP contribution in [0.4, 0.5) is 0 Å². The topological polar surface area (TPSA) is 97.3 Å². The van der Waals surface area contributed by atoms with Gasteiger partial charge in [-0.15, -0.1) is 0 Å². The minimum absolute atomic E-state index is 0.276. The van der Waals surface area contributed by atoms with Crippen LogP contribution in [0.5, 0.6) is 0 Å². The van der Waals surface area contributed by atoms with Crippen LogP contribution in [0.3, 0.4) is 0 Å². The van der Waals surface area contributed by atoms with Crippen LogP contribution in [0.2, 0.25) is 0 Å². The average molecular weight is 460 g/mol. The van der Waals surface area contributed by atoms with E-state index in [1.165, 1.54) is 24.2 Å². The predicted molar refractivity (Wildman–Crippen MR) is 98.8 cm³/mol. The van der Waals surface area contributed by atoms with E-state index in [9.17, 15) is 9.59 Å². The third kappa shape index (κ3) is 10.2. The van der Waals surface area contributed by atoms with Gasteiger partial charge in [0.1, 0.15) is 12.8 Å². The van der Waals surface area contributed by atoms with Gasteiger partial charge in [0.2, 0.25) is 12.3 Å². The molecule has 0 aliphatic carbocycles. The number of nitrogens with zero attached hydrogens (tertiary/aromatic N) is 1. The van der Waals surface area contributed by atoms with Crippen molar-refractivity contribution in [3.63, 3.8) is 0 Å².